The lowest BCUT2D eigenvalue weighted by atomic mass is 10.1. The van der Waals surface area contributed by atoms with Crippen molar-refractivity contribution < 1.29 is 9.47 Å². The number of hydrogen-bond donors (Lipinski definition) is 1. The predicted octanol–water partition coefficient (Wildman–Crippen LogP) is 4.06. The lowest BCUT2D eigenvalue weighted by Crippen LogP contribution is -2.04. The van der Waals surface area contributed by atoms with Gasteiger partial charge in [-0.1, -0.05) is 22.0 Å². The third-order valence-corrected chi connectivity index (χ3v) is 3.47. The summed E-state index contributed by atoms with van der Waals surface area (Å²) >= 11 is 3.47. The second-order valence-corrected chi connectivity index (χ2v) is 5.46. The number of halogens is 1. The van der Waals surface area contributed by atoms with E-state index in [1.807, 2.05) is 43.3 Å². The van der Waals surface area contributed by atoms with Crippen LogP contribution in [0.25, 0.3) is 0 Å². The van der Waals surface area contributed by atoms with Gasteiger partial charge < -0.3 is 15.2 Å². The first-order valence-electron chi connectivity index (χ1n) is 6.45. The maximum absolute atomic E-state index is 5.99. The summed E-state index contributed by atoms with van der Waals surface area (Å²) < 4.78 is 12.4. The van der Waals surface area contributed by atoms with Crippen LogP contribution in [-0.4, -0.2) is 13.7 Å². The minimum atomic E-state index is 0.581. The van der Waals surface area contributed by atoms with E-state index < -0.39 is 0 Å². The number of rotatable bonds is 5. The van der Waals surface area contributed by atoms with Gasteiger partial charge in [-0.05, 0) is 61.3 Å². The fourth-order valence-corrected chi connectivity index (χ4v) is 2.38. The van der Waals surface area contributed by atoms with Gasteiger partial charge in [-0.25, -0.2) is 0 Å². The van der Waals surface area contributed by atoms with Crippen molar-refractivity contribution in [2.75, 3.05) is 13.7 Å². The largest absolute Gasteiger partial charge is 0.493 e. The SMILES string of the molecule is COc1cc(C)ccc1Oc1ccc(Br)cc1CCN. The van der Waals surface area contributed by atoms with E-state index in [4.69, 9.17) is 15.2 Å². The van der Waals surface area contributed by atoms with Crippen LogP contribution in [0.5, 0.6) is 17.2 Å². The Morgan fingerprint density at radius 1 is 1.05 bits per heavy atom. The van der Waals surface area contributed by atoms with Crippen molar-refractivity contribution in [1.82, 2.24) is 0 Å². The first-order chi connectivity index (χ1) is 9.63. The van der Waals surface area contributed by atoms with Crippen LogP contribution < -0.4 is 15.2 Å². The molecule has 0 bridgehead atoms. The van der Waals surface area contributed by atoms with Crippen LogP contribution in [0.3, 0.4) is 0 Å². The number of methoxy groups -OCH3 is 1. The average Bonchev–Trinajstić information content (AvgIpc) is 2.43. The van der Waals surface area contributed by atoms with Gasteiger partial charge in [-0.3, -0.25) is 0 Å². The minimum absolute atomic E-state index is 0.581. The maximum atomic E-state index is 5.99. The monoisotopic (exact) mass is 335 g/mol. The molecule has 0 spiro atoms. The number of ether oxygens (including phenoxy) is 2. The van der Waals surface area contributed by atoms with E-state index in [1.54, 1.807) is 7.11 Å². The first kappa shape index (κ1) is 14.9. The predicted molar refractivity (Wildman–Crippen MR) is 84.7 cm³/mol. The second-order valence-electron chi connectivity index (χ2n) is 4.55. The molecule has 3 nitrogen and oxygen atoms in total. The first-order valence-corrected chi connectivity index (χ1v) is 7.24. The molecule has 4 heteroatoms. The third kappa shape index (κ3) is 3.52. The van der Waals surface area contributed by atoms with E-state index >= 15 is 0 Å². The molecule has 0 atom stereocenters. The van der Waals surface area contributed by atoms with E-state index in [0.29, 0.717) is 12.3 Å². The fraction of sp³-hybridized carbons (Fsp3) is 0.250. The van der Waals surface area contributed by atoms with Gasteiger partial charge in [0.05, 0.1) is 7.11 Å². The molecule has 2 N–H and O–H groups in total. The normalized spacial score (nSPS) is 10.4. The van der Waals surface area contributed by atoms with Crippen molar-refractivity contribution in [3.63, 3.8) is 0 Å². The van der Waals surface area contributed by atoms with Gasteiger partial charge in [0.15, 0.2) is 11.5 Å². The van der Waals surface area contributed by atoms with Crippen molar-refractivity contribution in [2.24, 2.45) is 5.73 Å². The number of nitrogens with two attached hydrogens (primary N) is 1. The van der Waals surface area contributed by atoms with E-state index in [2.05, 4.69) is 15.9 Å². The highest BCUT2D eigenvalue weighted by Crippen LogP contribution is 2.34. The summed E-state index contributed by atoms with van der Waals surface area (Å²) in [7, 11) is 1.64. The molecule has 106 valence electrons. The number of benzene rings is 2. The Kier molecular flexibility index (Phi) is 5.04. The molecule has 0 aliphatic carbocycles. The van der Waals surface area contributed by atoms with Crippen molar-refractivity contribution in [2.45, 2.75) is 13.3 Å². The van der Waals surface area contributed by atoms with Crippen LogP contribution in [0.4, 0.5) is 0 Å². The van der Waals surface area contributed by atoms with Crippen LogP contribution in [0.15, 0.2) is 40.9 Å². The van der Waals surface area contributed by atoms with Gasteiger partial charge in [0.2, 0.25) is 0 Å². The summed E-state index contributed by atoms with van der Waals surface area (Å²) in [5, 5.41) is 0. The van der Waals surface area contributed by atoms with Gasteiger partial charge in [0.1, 0.15) is 5.75 Å². The Morgan fingerprint density at radius 2 is 1.80 bits per heavy atom. The van der Waals surface area contributed by atoms with Crippen LogP contribution in [0, 0.1) is 6.92 Å². The zero-order chi connectivity index (χ0) is 14.5. The summed E-state index contributed by atoms with van der Waals surface area (Å²) in [6.45, 7) is 2.60. The Bertz CT molecular complexity index is 599. The van der Waals surface area contributed by atoms with Crippen LogP contribution in [0.2, 0.25) is 0 Å². The van der Waals surface area contributed by atoms with Crippen molar-refractivity contribution in [1.29, 1.82) is 0 Å². The molecule has 0 saturated heterocycles. The van der Waals surface area contributed by atoms with E-state index in [0.717, 1.165) is 33.5 Å². The van der Waals surface area contributed by atoms with Crippen LogP contribution in [-0.2, 0) is 6.42 Å². The number of hydrogen-bond acceptors (Lipinski definition) is 3. The van der Waals surface area contributed by atoms with Gasteiger partial charge in [-0.2, -0.15) is 0 Å². The zero-order valence-corrected chi connectivity index (χ0v) is 13.2. The molecule has 0 fully saturated rings. The van der Waals surface area contributed by atoms with E-state index in [1.165, 1.54) is 0 Å². The molecule has 2 aromatic rings. The quantitative estimate of drug-likeness (QED) is 0.896. The maximum Gasteiger partial charge on any atom is 0.169 e. The Balaban J connectivity index is 2.34. The van der Waals surface area contributed by atoms with Crippen molar-refractivity contribution >= 4 is 15.9 Å². The highest BCUT2D eigenvalue weighted by Gasteiger charge is 2.09. The summed E-state index contributed by atoms with van der Waals surface area (Å²) in [6, 6.07) is 11.8. The summed E-state index contributed by atoms with van der Waals surface area (Å²) in [5.41, 5.74) is 7.86. The van der Waals surface area contributed by atoms with Crippen molar-refractivity contribution in [3.8, 4) is 17.2 Å². The molecule has 0 radical (unpaired) electrons. The van der Waals surface area contributed by atoms with Gasteiger partial charge >= 0.3 is 0 Å². The average molecular weight is 336 g/mol. The summed E-state index contributed by atoms with van der Waals surface area (Å²) in [5.74, 6) is 2.24. The standard InChI is InChI=1S/C16H18BrNO2/c1-11-3-5-15(16(9-11)19-2)20-14-6-4-13(17)10-12(14)7-8-18/h3-6,9-10H,7-8,18H2,1-2H3. The zero-order valence-electron chi connectivity index (χ0n) is 11.7. The summed E-state index contributed by atoms with van der Waals surface area (Å²) in [4.78, 5) is 0. The molecule has 0 aliphatic rings. The topological polar surface area (TPSA) is 44.5 Å². The molecule has 0 aliphatic heterocycles. The summed E-state index contributed by atoms with van der Waals surface area (Å²) in [6.07, 6.45) is 0.767. The molecule has 0 aromatic heterocycles. The smallest absolute Gasteiger partial charge is 0.169 e. The third-order valence-electron chi connectivity index (χ3n) is 2.98. The van der Waals surface area contributed by atoms with E-state index in [-0.39, 0.29) is 0 Å². The highest BCUT2D eigenvalue weighted by atomic mass is 79.9. The van der Waals surface area contributed by atoms with E-state index in [9.17, 15) is 0 Å². The number of aryl methyl sites for hydroxylation is 1. The molecular weight excluding hydrogens is 318 g/mol. The minimum Gasteiger partial charge on any atom is -0.493 e. The molecule has 2 rings (SSSR count). The molecular formula is C16H18BrNO2. The van der Waals surface area contributed by atoms with Gasteiger partial charge in [0.25, 0.3) is 0 Å². The van der Waals surface area contributed by atoms with Crippen molar-refractivity contribution in [3.05, 3.63) is 52.0 Å². The molecule has 0 saturated carbocycles. The second kappa shape index (κ2) is 6.77. The molecule has 2 aromatic carbocycles. The van der Waals surface area contributed by atoms with Crippen LogP contribution in [0.1, 0.15) is 11.1 Å². The van der Waals surface area contributed by atoms with Crippen LogP contribution >= 0.6 is 15.9 Å². The van der Waals surface area contributed by atoms with Gasteiger partial charge in [-0.15, -0.1) is 0 Å². The fourth-order valence-electron chi connectivity index (χ4n) is 1.98. The lowest BCUT2D eigenvalue weighted by Gasteiger charge is -2.14. The molecule has 0 unspecified atom stereocenters. The Labute approximate surface area is 127 Å². The Hall–Kier alpha value is -1.52. The molecule has 0 amide bonds. The lowest BCUT2D eigenvalue weighted by molar-refractivity contribution is 0.377. The highest BCUT2D eigenvalue weighted by molar-refractivity contribution is 9.10. The molecule has 20 heavy (non-hydrogen) atoms. The Morgan fingerprint density at radius 3 is 2.50 bits per heavy atom. The molecule has 0 heterocycles. The van der Waals surface area contributed by atoms with Gasteiger partial charge in [0, 0.05) is 4.47 Å².